The summed E-state index contributed by atoms with van der Waals surface area (Å²) in [6.07, 6.45) is -0.452. The molecule has 0 saturated heterocycles. The average molecular weight is 205 g/mol. The van der Waals surface area contributed by atoms with Crippen molar-refractivity contribution >= 4 is 22.2 Å². The summed E-state index contributed by atoms with van der Waals surface area (Å²) in [7, 11) is 0. The fraction of sp³-hybridized carbons (Fsp3) is 0. The number of aldehydes is 1. The second kappa shape index (κ2) is 2.83. The van der Waals surface area contributed by atoms with E-state index >= 15 is 0 Å². The maximum atomic E-state index is 12.2. The van der Waals surface area contributed by atoms with Crippen LogP contribution in [0.25, 0.3) is 0 Å². The fourth-order valence-corrected chi connectivity index (χ4v) is 0.847. The van der Waals surface area contributed by atoms with Crippen LogP contribution in [0.1, 0.15) is 10.5 Å². The SMILES string of the molecule is O=Cc1cc(Br)nc(F)n1. The topological polar surface area (TPSA) is 42.9 Å². The molecule has 1 heterocycles. The van der Waals surface area contributed by atoms with Crippen molar-refractivity contribution in [1.29, 1.82) is 0 Å². The minimum absolute atomic E-state index is 0.0272. The van der Waals surface area contributed by atoms with E-state index in [1.165, 1.54) is 6.07 Å². The Morgan fingerprint density at radius 3 is 2.80 bits per heavy atom. The monoisotopic (exact) mass is 204 g/mol. The lowest BCUT2D eigenvalue weighted by atomic mass is 10.5. The predicted molar refractivity (Wildman–Crippen MR) is 35.1 cm³/mol. The highest BCUT2D eigenvalue weighted by molar-refractivity contribution is 9.10. The first-order valence-corrected chi connectivity index (χ1v) is 3.17. The van der Waals surface area contributed by atoms with Gasteiger partial charge in [-0.1, -0.05) is 0 Å². The largest absolute Gasteiger partial charge is 0.310 e. The molecular weight excluding hydrogens is 203 g/mol. The van der Waals surface area contributed by atoms with E-state index in [4.69, 9.17) is 0 Å². The average Bonchev–Trinajstić information content (AvgIpc) is 1.85. The van der Waals surface area contributed by atoms with Crippen molar-refractivity contribution in [3.8, 4) is 0 Å². The Bertz CT molecular complexity index is 246. The summed E-state index contributed by atoms with van der Waals surface area (Å²) >= 11 is 2.90. The molecule has 3 nitrogen and oxygen atoms in total. The zero-order chi connectivity index (χ0) is 7.56. The van der Waals surface area contributed by atoms with Crippen LogP contribution in [0.15, 0.2) is 10.7 Å². The normalized spacial score (nSPS) is 9.40. The van der Waals surface area contributed by atoms with E-state index in [0.717, 1.165) is 0 Å². The molecule has 1 aromatic heterocycles. The summed E-state index contributed by atoms with van der Waals surface area (Å²) in [5, 5.41) is 0. The number of carbonyl (C=O) groups excluding carboxylic acids is 1. The lowest BCUT2D eigenvalue weighted by Crippen LogP contribution is -1.94. The number of nitrogens with zero attached hydrogens (tertiary/aromatic N) is 2. The Morgan fingerprint density at radius 2 is 2.30 bits per heavy atom. The number of hydrogen-bond acceptors (Lipinski definition) is 3. The maximum absolute atomic E-state index is 12.2. The zero-order valence-corrected chi connectivity index (χ0v) is 6.30. The first-order valence-electron chi connectivity index (χ1n) is 2.37. The standard InChI is InChI=1S/C5H2BrFN2O/c6-4-1-3(2-10)8-5(7)9-4/h1-2H. The van der Waals surface area contributed by atoms with Crippen LogP contribution in [0, 0.1) is 6.08 Å². The molecule has 0 spiro atoms. The molecule has 0 unspecified atom stereocenters. The van der Waals surface area contributed by atoms with Gasteiger partial charge in [0.05, 0.1) is 0 Å². The van der Waals surface area contributed by atoms with Crippen molar-refractivity contribution in [3.63, 3.8) is 0 Å². The molecule has 52 valence electrons. The number of rotatable bonds is 1. The summed E-state index contributed by atoms with van der Waals surface area (Å²) in [6, 6.07) is 1.33. The molecule has 0 saturated carbocycles. The van der Waals surface area contributed by atoms with Crippen LogP contribution in [0.5, 0.6) is 0 Å². The Kier molecular flexibility index (Phi) is 2.06. The van der Waals surface area contributed by atoms with Gasteiger partial charge in [-0.2, -0.15) is 14.4 Å². The molecule has 0 radical (unpaired) electrons. The van der Waals surface area contributed by atoms with Gasteiger partial charge in [0.25, 0.3) is 0 Å². The molecule has 0 aromatic carbocycles. The summed E-state index contributed by atoms with van der Waals surface area (Å²) in [4.78, 5) is 16.5. The summed E-state index contributed by atoms with van der Waals surface area (Å²) in [6.45, 7) is 0. The van der Waals surface area contributed by atoms with Gasteiger partial charge in [0.2, 0.25) is 0 Å². The second-order valence-electron chi connectivity index (χ2n) is 1.50. The van der Waals surface area contributed by atoms with Gasteiger partial charge in [-0.25, -0.2) is 0 Å². The third-order valence-electron chi connectivity index (χ3n) is 0.808. The molecule has 0 amide bonds. The highest BCUT2D eigenvalue weighted by Gasteiger charge is 1.98. The summed E-state index contributed by atoms with van der Waals surface area (Å²) < 4.78 is 12.5. The molecule has 0 aliphatic heterocycles. The Morgan fingerprint density at radius 1 is 1.60 bits per heavy atom. The molecule has 0 bridgehead atoms. The Balaban J connectivity index is 3.18. The van der Waals surface area contributed by atoms with E-state index in [-0.39, 0.29) is 10.3 Å². The Labute approximate surface area is 64.4 Å². The van der Waals surface area contributed by atoms with Crippen LogP contribution in [-0.2, 0) is 0 Å². The smallest absolute Gasteiger partial charge is 0.296 e. The van der Waals surface area contributed by atoms with Gasteiger partial charge < -0.3 is 0 Å². The summed E-state index contributed by atoms with van der Waals surface area (Å²) in [5.74, 6) is 0. The van der Waals surface area contributed by atoms with Crippen LogP contribution in [0.4, 0.5) is 4.39 Å². The van der Waals surface area contributed by atoms with E-state index in [2.05, 4.69) is 25.9 Å². The van der Waals surface area contributed by atoms with Crippen molar-refractivity contribution in [2.45, 2.75) is 0 Å². The van der Waals surface area contributed by atoms with E-state index in [1.54, 1.807) is 0 Å². The number of hydrogen-bond donors (Lipinski definition) is 0. The lowest BCUT2D eigenvalue weighted by Gasteiger charge is -1.90. The molecule has 10 heavy (non-hydrogen) atoms. The fourth-order valence-electron chi connectivity index (χ4n) is 0.467. The third kappa shape index (κ3) is 1.57. The number of aromatic nitrogens is 2. The molecule has 0 aliphatic rings. The molecule has 5 heteroatoms. The van der Waals surface area contributed by atoms with Crippen LogP contribution in [0.2, 0.25) is 0 Å². The highest BCUT2D eigenvalue weighted by atomic mass is 79.9. The molecule has 0 fully saturated rings. The van der Waals surface area contributed by atoms with Gasteiger partial charge in [-0.3, -0.25) is 4.79 Å². The van der Waals surface area contributed by atoms with E-state index in [0.29, 0.717) is 6.29 Å². The quantitative estimate of drug-likeness (QED) is 0.392. The molecule has 0 aliphatic carbocycles. The highest BCUT2D eigenvalue weighted by Crippen LogP contribution is 2.05. The molecule has 0 N–H and O–H groups in total. The first-order chi connectivity index (χ1) is 4.72. The van der Waals surface area contributed by atoms with Gasteiger partial charge in [0.15, 0.2) is 6.29 Å². The van der Waals surface area contributed by atoms with E-state index < -0.39 is 6.08 Å². The predicted octanol–water partition coefficient (Wildman–Crippen LogP) is 1.19. The van der Waals surface area contributed by atoms with Crippen molar-refractivity contribution in [2.75, 3.05) is 0 Å². The van der Waals surface area contributed by atoms with Gasteiger partial charge in [0.1, 0.15) is 10.3 Å². The summed E-state index contributed by atoms with van der Waals surface area (Å²) in [5.41, 5.74) is 0.0272. The van der Waals surface area contributed by atoms with E-state index in [9.17, 15) is 9.18 Å². The zero-order valence-electron chi connectivity index (χ0n) is 4.71. The third-order valence-corrected chi connectivity index (χ3v) is 1.21. The molecular formula is C5H2BrFN2O. The maximum Gasteiger partial charge on any atom is 0.310 e. The van der Waals surface area contributed by atoms with Crippen molar-refractivity contribution in [2.24, 2.45) is 0 Å². The van der Waals surface area contributed by atoms with Crippen LogP contribution >= 0.6 is 15.9 Å². The van der Waals surface area contributed by atoms with Crippen LogP contribution in [-0.4, -0.2) is 16.3 Å². The van der Waals surface area contributed by atoms with Crippen LogP contribution < -0.4 is 0 Å². The number of halogens is 2. The van der Waals surface area contributed by atoms with Gasteiger partial charge >= 0.3 is 6.08 Å². The minimum Gasteiger partial charge on any atom is -0.296 e. The van der Waals surface area contributed by atoms with Crippen molar-refractivity contribution in [3.05, 3.63) is 22.4 Å². The van der Waals surface area contributed by atoms with Gasteiger partial charge in [-0.15, -0.1) is 0 Å². The van der Waals surface area contributed by atoms with Crippen molar-refractivity contribution < 1.29 is 9.18 Å². The molecule has 0 atom stereocenters. The minimum atomic E-state index is -0.906. The molecule has 1 aromatic rings. The second-order valence-corrected chi connectivity index (χ2v) is 2.31. The van der Waals surface area contributed by atoms with Gasteiger partial charge in [0, 0.05) is 6.07 Å². The van der Waals surface area contributed by atoms with E-state index in [1.807, 2.05) is 0 Å². The first kappa shape index (κ1) is 7.27. The lowest BCUT2D eigenvalue weighted by molar-refractivity contribution is 0.111. The van der Waals surface area contributed by atoms with Crippen LogP contribution in [0.3, 0.4) is 0 Å². The number of carbonyl (C=O) groups is 1. The molecule has 1 rings (SSSR count). The van der Waals surface area contributed by atoms with Crippen molar-refractivity contribution in [1.82, 2.24) is 9.97 Å². The van der Waals surface area contributed by atoms with Gasteiger partial charge in [-0.05, 0) is 15.9 Å². The Hall–Kier alpha value is -0.840.